The normalized spacial score (nSPS) is 11.3. The van der Waals surface area contributed by atoms with Gasteiger partial charge in [0.25, 0.3) is 0 Å². The second-order valence-corrected chi connectivity index (χ2v) is 5.59. The van der Waals surface area contributed by atoms with Crippen molar-refractivity contribution in [2.24, 2.45) is 0 Å². The van der Waals surface area contributed by atoms with Crippen LogP contribution in [0.15, 0.2) is 48.5 Å². The molecule has 0 amide bonds. The third-order valence-electron chi connectivity index (χ3n) is 3.60. The zero-order valence-electron chi connectivity index (χ0n) is 12.6. The number of hydrogen-bond donors (Lipinski definition) is 1. The number of aromatic hydroxyl groups is 1. The first kappa shape index (κ1) is 14.4. The van der Waals surface area contributed by atoms with Crippen LogP contribution in [0.5, 0.6) is 11.5 Å². The van der Waals surface area contributed by atoms with Crippen LogP contribution < -0.4 is 4.74 Å². The minimum atomic E-state index is -0.313. The molecule has 0 radical (unpaired) electrons. The standard InChI is InChI=1S/C18H18FNO2/c1-12(2)20-15(8-13-6-7-16(21)10-18(13)20)11-22-17-5-3-4-14(19)9-17/h3-10,12,21H,11H2,1-2H3. The van der Waals surface area contributed by atoms with Crippen molar-refractivity contribution in [2.45, 2.75) is 26.5 Å². The van der Waals surface area contributed by atoms with E-state index >= 15 is 0 Å². The van der Waals surface area contributed by atoms with Crippen molar-refractivity contribution in [3.63, 3.8) is 0 Å². The lowest BCUT2D eigenvalue weighted by atomic mass is 10.2. The summed E-state index contributed by atoms with van der Waals surface area (Å²) in [6.07, 6.45) is 0. The Morgan fingerprint density at radius 2 is 1.95 bits per heavy atom. The number of rotatable bonds is 4. The summed E-state index contributed by atoms with van der Waals surface area (Å²) in [5.74, 6) is 0.431. The first-order chi connectivity index (χ1) is 10.5. The van der Waals surface area contributed by atoms with Crippen molar-refractivity contribution >= 4 is 10.9 Å². The number of fused-ring (bicyclic) bond motifs is 1. The average Bonchev–Trinajstić information content (AvgIpc) is 2.83. The number of aromatic nitrogens is 1. The highest BCUT2D eigenvalue weighted by molar-refractivity contribution is 5.82. The van der Waals surface area contributed by atoms with Gasteiger partial charge in [-0.25, -0.2) is 4.39 Å². The van der Waals surface area contributed by atoms with Crippen LogP contribution in [0.25, 0.3) is 10.9 Å². The van der Waals surface area contributed by atoms with E-state index in [1.165, 1.54) is 12.1 Å². The molecule has 1 aromatic heterocycles. The Labute approximate surface area is 128 Å². The maximum absolute atomic E-state index is 13.2. The molecule has 3 nitrogen and oxygen atoms in total. The molecule has 0 fully saturated rings. The largest absolute Gasteiger partial charge is 0.508 e. The number of hydrogen-bond acceptors (Lipinski definition) is 2. The predicted octanol–water partition coefficient (Wildman–Crippen LogP) is 4.65. The van der Waals surface area contributed by atoms with E-state index in [1.54, 1.807) is 24.3 Å². The van der Waals surface area contributed by atoms with Crippen molar-refractivity contribution in [3.05, 3.63) is 60.0 Å². The lowest BCUT2D eigenvalue weighted by Gasteiger charge is -2.15. The molecule has 114 valence electrons. The van der Waals surface area contributed by atoms with Crippen LogP contribution in [0.3, 0.4) is 0 Å². The number of halogens is 1. The fourth-order valence-corrected chi connectivity index (χ4v) is 2.70. The third kappa shape index (κ3) is 2.77. The fraction of sp³-hybridized carbons (Fsp3) is 0.222. The van der Waals surface area contributed by atoms with Gasteiger partial charge in [0, 0.05) is 23.6 Å². The second kappa shape index (κ2) is 5.72. The van der Waals surface area contributed by atoms with Gasteiger partial charge in [-0.1, -0.05) is 6.07 Å². The highest BCUT2D eigenvalue weighted by Gasteiger charge is 2.12. The van der Waals surface area contributed by atoms with Crippen molar-refractivity contribution in [2.75, 3.05) is 0 Å². The molecule has 0 spiro atoms. The van der Waals surface area contributed by atoms with Crippen LogP contribution in [0, 0.1) is 5.82 Å². The van der Waals surface area contributed by atoms with Gasteiger partial charge in [0.05, 0.1) is 11.2 Å². The van der Waals surface area contributed by atoms with E-state index in [0.717, 1.165) is 16.6 Å². The Morgan fingerprint density at radius 1 is 1.14 bits per heavy atom. The van der Waals surface area contributed by atoms with E-state index < -0.39 is 0 Å². The van der Waals surface area contributed by atoms with Gasteiger partial charge in [0.1, 0.15) is 23.9 Å². The van der Waals surface area contributed by atoms with Crippen molar-refractivity contribution in [1.82, 2.24) is 4.57 Å². The van der Waals surface area contributed by atoms with Gasteiger partial charge >= 0.3 is 0 Å². The molecule has 0 unspecified atom stereocenters. The molecule has 1 N–H and O–H groups in total. The van der Waals surface area contributed by atoms with E-state index in [-0.39, 0.29) is 17.6 Å². The monoisotopic (exact) mass is 299 g/mol. The van der Waals surface area contributed by atoms with E-state index in [1.807, 2.05) is 12.1 Å². The number of ether oxygens (including phenoxy) is 1. The maximum atomic E-state index is 13.2. The van der Waals surface area contributed by atoms with E-state index in [0.29, 0.717) is 12.4 Å². The zero-order chi connectivity index (χ0) is 15.7. The molecular formula is C18H18FNO2. The maximum Gasteiger partial charge on any atom is 0.128 e. The van der Waals surface area contributed by atoms with Crippen LogP contribution >= 0.6 is 0 Å². The molecule has 4 heteroatoms. The van der Waals surface area contributed by atoms with Gasteiger partial charge in [-0.3, -0.25) is 0 Å². The second-order valence-electron chi connectivity index (χ2n) is 5.59. The highest BCUT2D eigenvalue weighted by Crippen LogP contribution is 2.28. The highest BCUT2D eigenvalue weighted by atomic mass is 19.1. The van der Waals surface area contributed by atoms with Gasteiger partial charge in [0.15, 0.2) is 0 Å². The minimum absolute atomic E-state index is 0.227. The SMILES string of the molecule is CC(C)n1c(COc2cccc(F)c2)cc2ccc(O)cc21. The molecule has 0 aliphatic carbocycles. The molecule has 22 heavy (non-hydrogen) atoms. The number of nitrogens with zero attached hydrogens (tertiary/aromatic N) is 1. The molecule has 3 aromatic rings. The Kier molecular flexibility index (Phi) is 3.75. The Morgan fingerprint density at radius 3 is 2.68 bits per heavy atom. The summed E-state index contributed by atoms with van der Waals surface area (Å²) < 4.78 is 21.0. The summed E-state index contributed by atoms with van der Waals surface area (Å²) >= 11 is 0. The molecule has 0 bridgehead atoms. The third-order valence-corrected chi connectivity index (χ3v) is 3.60. The fourth-order valence-electron chi connectivity index (χ4n) is 2.70. The first-order valence-electron chi connectivity index (χ1n) is 7.26. The lowest BCUT2D eigenvalue weighted by Crippen LogP contribution is -2.08. The molecule has 0 saturated carbocycles. The number of phenolic OH excluding ortho intramolecular Hbond substituents is 1. The van der Waals surface area contributed by atoms with Crippen LogP contribution in [-0.2, 0) is 6.61 Å². The Balaban J connectivity index is 1.94. The van der Waals surface area contributed by atoms with Gasteiger partial charge in [-0.15, -0.1) is 0 Å². The zero-order valence-corrected chi connectivity index (χ0v) is 12.6. The first-order valence-corrected chi connectivity index (χ1v) is 7.26. The molecule has 0 aliphatic heterocycles. The van der Waals surface area contributed by atoms with Crippen LogP contribution in [0.2, 0.25) is 0 Å². The molecule has 0 atom stereocenters. The van der Waals surface area contributed by atoms with Crippen molar-refractivity contribution in [3.8, 4) is 11.5 Å². The smallest absolute Gasteiger partial charge is 0.128 e. The summed E-state index contributed by atoms with van der Waals surface area (Å²) in [6.45, 7) is 4.50. The summed E-state index contributed by atoms with van der Waals surface area (Å²) in [7, 11) is 0. The number of benzene rings is 2. The molecule has 0 aliphatic rings. The van der Waals surface area contributed by atoms with Crippen LogP contribution in [-0.4, -0.2) is 9.67 Å². The van der Waals surface area contributed by atoms with E-state index in [4.69, 9.17) is 4.74 Å². The summed E-state index contributed by atoms with van der Waals surface area (Å²) in [4.78, 5) is 0. The lowest BCUT2D eigenvalue weighted by molar-refractivity contribution is 0.291. The van der Waals surface area contributed by atoms with Crippen LogP contribution in [0.1, 0.15) is 25.6 Å². The average molecular weight is 299 g/mol. The Hall–Kier alpha value is -2.49. The summed E-state index contributed by atoms with van der Waals surface area (Å²) in [6, 6.07) is 13.7. The van der Waals surface area contributed by atoms with Gasteiger partial charge in [-0.05, 0) is 44.2 Å². The van der Waals surface area contributed by atoms with Gasteiger partial charge < -0.3 is 14.4 Å². The Bertz CT molecular complexity index is 808. The summed E-state index contributed by atoms with van der Waals surface area (Å²) in [5.41, 5.74) is 1.95. The summed E-state index contributed by atoms with van der Waals surface area (Å²) in [5, 5.41) is 10.7. The molecule has 3 rings (SSSR count). The van der Waals surface area contributed by atoms with Gasteiger partial charge in [-0.2, -0.15) is 0 Å². The number of phenols is 1. The molecular weight excluding hydrogens is 281 g/mol. The quantitative estimate of drug-likeness (QED) is 0.761. The minimum Gasteiger partial charge on any atom is -0.508 e. The topological polar surface area (TPSA) is 34.4 Å². The van der Waals surface area contributed by atoms with Gasteiger partial charge in [0.2, 0.25) is 0 Å². The van der Waals surface area contributed by atoms with Crippen LogP contribution in [0.4, 0.5) is 4.39 Å². The molecule has 2 aromatic carbocycles. The molecule has 0 saturated heterocycles. The van der Waals surface area contributed by atoms with E-state index in [2.05, 4.69) is 18.4 Å². The van der Waals surface area contributed by atoms with Crippen molar-refractivity contribution in [1.29, 1.82) is 0 Å². The molecule has 1 heterocycles. The van der Waals surface area contributed by atoms with Crippen molar-refractivity contribution < 1.29 is 14.2 Å². The predicted molar refractivity (Wildman–Crippen MR) is 84.7 cm³/mol. The van der Waals surface area contributed by atoms with E-state index in [9.17, 15) is 9.50 Å².